The Bertz CT molecular complexity index is 363. The molecule has 0 fully saturated rings. The second-order valence-corrected chi connectivity index (χ2v) is 4.93. The molecule has 0 amide bonds. The van der Waals surface area contributed by atoms with Crippen molar-refractivity contribution in [2.75, 3.05) is 0 Å². The molecule has 0 aliphatic rings. The van der Waals surface area contributed by atoms with Crippen LogP contribution in [-0.4, -0.2) is 0 Å². The lowest BCUT2D eigenvalue weighted by Crippen LogP contribution is -1.84. The molecule has 0 heterocycles. The fourth-order valence-corrected chi connectivity index (χ4v) is 1.95. The van der Waals surface area contributed by atoms with Gasteiger partial charge in [0.15, 0.2) is 0 Å². The Morgan fingerprint density at radius 3 is 1.39 bits per heavy atom. The Kier molecular flexibility index (Phi) is 6.49. The summed E-state index contributed by atoms with van der Waals surface area (Å²) < 4.78 is 0. The molecule has 98 valence electrons. The summed E-state index contributed by atoms with van der Waals surface area (Å²) in [5.74, 6) is 0. The maximum atomic E-state index is 2.33. The normalized spacial score (nSPS) is 12.9. The summed E-state index contributed by atoms with van der Waals surface area (Å²) in [6, 6.07) is 8.94. The Labute approximate surface area is 112 Å². The van der Waals surface area contributed by atoms with Crippen LogP contribution in [0.4, 0.5) is 0 Å². The second kappa shape index (κ2) is 7.92. The standard InChI is InChI=1S/C18H26/c1-5-7-9-15(3)17-11-13-18(14-12-17)16(4)10-8-6-2/h9-14H,5-8H2,1-4H3. The van der Waals surface area contributed by atoms with Crippen molar-refractivity contribution in [1.29, 1.82) is 0 Å². The van der Waals surface area contributed by atoms with Crippen LogP contribution in [0, 0.1) is 0 Å². The monoisotopic (exact) mass is 242 g/mol. The van der Waals surface area contributed by atoms with Crippen LogP contribution in [0.25, 0.3) is 11.1 Å². The second-order valence-electron chi connectivity index (χ2n) is 4.93. The van der Waals surface area contributed by atoms with Crippen LogP contribution >= 0.6 is 0 Å². The summed E-state index contributed by atoms with van der Waals surface area (Å²) in [7, 11) is 0. The van der Waals surface area contributed by atoms with Crippen LogP contribution in [0.5, 0.6) is 0 Å². The van der Waals surface area contributed by atoms with Gasteiger partial charge in [0.05, 0.1) is 0 Å². The quantitative estimate of drug-likeness (QED) is 0.566. The van der Waals surface area contributed by atoms with E-state index < -0.39 is 0 Å². The molecule has 0 spiro atoms. The smallest absolute Gasteiger partial charge is 0.0230 e. The van der Waals surface area contributed by atoms with Gasteiger partial charge in [-0.1, -0.05) is 63.1 Å². The first-order valence-electron chi connectivity index (χ1n) is 7.13. The molecule has 0 radical (unpaired) electrons. The van der Waals surface area contributed by atoms with Crippen molar-refractivity contribution in [2.24, 2.45) is 0 Å². The van der Waals surface area contributed by atoms with Crippen molar-refractivity contribution >= 4 is 11.1 Å². The summed E-state index contributed by atoms with van der Waals surface area (Å²) in [5, 5.41) is 0. The van der Waals surface area contributed by atoms with Gasteiger partial charge < -0.3 is 0 Å². The van der Waals surface area contributed by atoms with Crippen LogP contribution in [0.2, 0.25) is 0 Å². The third kappa shape index (κ3) is 4.52. The minimum Gasteiger partial charge on any atom is -0.0810 e. The van der Waals surface area contributed by atoms with Crippen LogP contribution in [0.15, 0.2) is 36.4 Å². The molecule has 0 aliphatic carbocycles. The zero-order valence-corrected chi connectivity index (χ0v) is 12.3. The van der Waals surface area contributed by atoms with E-state index in [9.17, 15) is 0 Å². The van der Waals surface area contributed by atoms with Gasteiger partial charge in [0.2, 0.25) is 0 Å². The Hall–Kier alpha value is -1.30. The topological polar surface area (TPSA) is 0 Å². The van der Waals surface area contributed by atoms with Crippen LogP contribution in [0.1, 0.15) is 64.5 Å². The predicted octanol–water partition coefficient (Wildman–Crippen LogP) is 6.09. The van der Waals surface area contributed by atoms with E-state index in [0.717, 1.165) is 0 Å². The molecule has 0 heteroatoms. The first-order valence-corrected chi connectivity index (χ1v) is 7.13. The largest absolute Gasteiger partial charge is 0.0810 e. The first-order chi connectivity index (χ1) is 8.69. The van der Waals surface area contributed by atoms with Gasteiger partial charge in [-0.3, -0.25) is 0 Å². The molecular formula is C18H26. The predicted molar refractivity (Wildman–Crippen MR) is 83.6 cm³/mol. The summed E-state index contributed by atoms with van der Waals surface area (Å²) in [6.07, 6.45) is 9.43. The first kappa shape index (κ1) is 14.8. The van der Waals surface area contributed by atoms with Crippen molar-refractivity contribution in [3.63, 3.8) is 0 Å². The van der Waals surface area contributed by atoms with E-state index in [1.165, 1.54) is 48.0 Å². The zero-order valence-electron chi connectivity index (χ0n) is 12.3. The van der Waals surface area contributed by atoms with Crippen molar-refractivity contribution in [3.05, 3.63) is 47.5 Å². The summed E-state index contributed by atoms with van der Waals surface area (Å²) in [5.41, 5.74) is 5.46. The van der Waals surface area contributed by atoms with E-state index in [1.54, 1.807) is 0 Å². The maximum absolute atomic E-state index is 2.33. The maximum Gasteiger partial charge on any atom is -0.0230 e. The molecule has 0 saturated heterocycles. The molecule has 0 aliphatic heterocycles. The molecule has 0 N–H and O–H groups in total. The summed E-state index contributed by atoms with van der Waals surface area (Å²) >= 11 is 0. The highest BCUT2D eigenvalue weighted by molar-refractivity contribution is 5.68. The SMILES string of the molecule is CCCC=C(C)c1ccc(C(C)=CCCC)cc1. The third-order valence-electron chi connectivity index (χ3n) is 3.27. The van der Waals surface area contributed by atoms with E-state index >= 15 is 0 Å². The van der Waals surface area contributed by atoms with Gasteiger partial charge in [-0.2, -0.15) is 0 Å². The van der Waals surface area contributed by atoms with E-state index in [-0.39, 0.29) is 0 Å². The van der Waals surface area contributed by atoms with Crippen LogP contribution in [-0.2, 0) is 0 Å². The van der Waals surface area contributed by atoms with Gasteiger partial charge in [-0.25, -0.2) is 0 Å². The van der Waals surface area contributed by atoms with Gasteiger partial charge in [0.1, 0.15) is 0 Å². The average Bonchev–Trinajstić information content (AvgIpc) is 2.42. The number of hydrogen-bond acceptors (Lipinski definition) is 0. The lowest BCUT2D eigenvalue weighted by atomic mass is 10.0. The molecule has 1 aromatic carbocycles. The number of hydrogen-bond donors (Lipinski definition) is 0. The van der Waals surface area contributed by atoms with Gasteiger partial charge in [-0.15, -0.1) is 0 Å². The van der Waals surface area contributed by atoms with Gasteiger partial charge in [-0.05, 0) is 49.0 Å². The average molecular weight is 242 g/mol. The fraction of sp³-hybridized carbons (Fsp3) is 0.444. The van der Waals surface area contributed by atoms with Gasteiger partial charge >= 0.3 is 0 Å². The molecule has 0 unspecified atom stereocenters. The van der Waals surface area contributed by atoms with E-state index in [0.29, 0.717) is 0 Å². The van der Waals surface area contributed by atoms with E-state index in [1.807, 2.05) is 0 Å². The third-order valence-corrected chi connectivity index (χ3v) is 3.27. The molecule has 1 aromatic rings. The number of allylic oxidation sites excluding steroid dienone is 4. The molecule has 0 aromatic heterocycles. The molecular weight excluding hydrogens is 216 g/mol. The molecule has 0 nitrogen and oxygen atoms in total. The van der Waals surface area contributed by atoms with Crippen LogP contribution < -0.4 is 0 Å². The Morgan fingerprint density at radius 1 is 0.778 bits per heavy atom. The lowest BCUT2D eigenvalue weighted by molar-refractivity contribution is 0.959. The number of rotatable bonds is 6. The Balaban J connectivity index is 2.79. The zero-order chi connectivity index (χ0) is 13.4. The van der Waals surface area contributed by atoms with Gasteiger partial charge in [0, 0.05) is 0 Å². The highest BCUT2D eigenvalue weighted by Gasteiger charge is 1.98. The molecule has 0 saturated carbocycles. The van der Waals surface area contributed by atoms with Crippen molar-refractivity contribution < 1.29 is 0 Å². The molecule has 0 atom stereocenters. The lowest BCUT2D eigenvalue weighted by Gasteiger charge is -2.05. The van der Waals surface area contributed by atoms with Crippen LogP contribution in [0.3, 0.4) is 0 Å². The highest BCUT2D eigenvalue weighted by Crippen LogP contribution is 2.20. The minimum absolute atomic E-state index is 1.17. The molecule has 0 bridgehead atoms. The van der Waals surface area contributed by atoms with Gasteiger partial charge in [0.25, 0.3) is 0 Å². The number of unbranched alkanes of at least 4 members (excludes halogenated alkanes) is 2. The highest BCUT2D eigenvalue weighted by atomic mass is 14.0. The minimum atomic E-state index is 1.17. The fourth-order valence-electron chi connectivity index (χ4n) is 1.95. The van der Waals surface area contributed by atoms with Crippen molar-refractivity contribution in [1.82, 2.24) is 0 Å². The summed E-state index contributed by atoms with van der Waals surface area (Å²) in [6.45, 7) is 8.83. The van der Waals surface area contributed by atoms with E-state index in [4.69, 9.17) is 0 Å². The molecule has 1 rings (SSSR count). The van der Waals surface area contributed by atoms with E-state index in [2.05, 4.69) is 64.1 Å². The molecule has 18 heavy (non-hydrogen) atoms. The Morgan fingerprint density at radius 2 is 1.11 bits per heavy atom. The number of benzene rings is 1. The summed E-state index contributed by atoms with van der Waals surface area (Å²) in [4.78, 5) is 0. The van der Waals surface area contributed by atoms with Crippen molar-refractivity contribution in [3.8, 4) is 0 Å². The van der Waals surface area contributed by atoms with Crippen molar-refractivity contribution in [2.45, 2.75) is 53.4 Å².